The summed E-state index contributed by atoms with van der Waals surface area (Å²) in [5, 5.41) is 16.0. The van der Waals surface area contributed by atoms with Crippen LogP contribution >= 0.6 is 0 Å². The van der Waals surface area contributed by atoms with E-state index in [0.29, 0.717) is 30.0 Å². The summed E-state index contributed by atoms with van der Waals surface area (Å²) >= 11 is 0. The largest absolute Gasteiger partial charge is 0.349 e. The average Bonchev–Trinajstić information content (AvgIpc) is 3.28. The van der Waals surface area contributed by atoms with Crippen LogP contribution in [0.25, 0.3) is 0 Å². The molecule has 2 bridgehead atoms. The van der Waals surface area contributed by atoms with Crippen LogP contribution in [0.15, 0.2) is 30.3 Å². The Balaban J connectivity index is 1.20. The fraction of sp³-hybridized carbons (Fsp3) is 0.700. The molecular weight excluding hydrogens is 484 g/mol. The quantitative estimate of drug-likeness (QED) is 0.426. The van der Waals surface area contributed by atoms with Crippen LogP contribution in [0.5, 0.6) is 0 Å². The topological polar surface area (TPSA) is 71.8 Å². The van der Waals surface area contributed by atoms with Crippen molar-refractivity contribution in [2.45, 2.75) is 121 Å². The van der Waals surface area contributed by atoms with Crippen LogP contribution in [0.4, 0.5) is 8.78 Å². The summed E-state index contributed by atoms with van der Waals surface area (Å²) < 4.78 is 29.6. The molecule has 208 valence electrons. The molecule has 2 aliphatic heterocycles. The molecule has 2 aromatic rings. The van der Waals surface area contributed by atoms with Gasteiger partial charge in [-0.15, -0.1) is 10.2 Å². The second kappa shape index (κ2) is 11.4. The maximum absolute atomic E-state index is 13.6. The standard InChI is InChI=1S/C30H43F2N5O/c1-19(2)28-36-35-20(3)37(28)26-17-24-15-21(16-25(18-26)33-24)9-10-27(22-7-5-4-6-8-22)34-29(38)23-11-13-30(31,32)14-12-23/h4-8,19,21,23-27,33H,9-18H2,1-3H3,(H,34,38)/t21?,24-,25+,26?,27-/m0/s1. The van der Waals surface area contributed by atoms with Crippen molar-refractivity contribution in [1.82, 2.24) is 25.4 Å². The van der Waals surface area contributed by atoms with Gasteiger partial charge in [0.05, 0.1) is 6.04 Å². The number of rotatable bonds is 8. The van der Waals surface area contributed by atoms with Gasteiger partial charge in [-0.3, -0.25) is 4.79 Å². The number of aromatic nitrogens is 3. The van der Waals surface area contributed by atoms with Crippen LogP contribution in [0.2, 0.25) is 0 Å². The molecule has 3 aliphatic rings. The van der Waals surface area contributed by atoms with Gasteiger partial charge in [0.25, 0.3) is 0 Å². The maximum atomic E-state index is 13.6. The van der Waals surface area contributed by atoms with Gasteiger partial charge in [-0.2, -0.15) is 0 Å². The Kier molecular flexibility index (Phi) is 8.17. The van der Waals surface area contributed by atoms with Crippen LogP contribution in [0.1, 0.15) is 113 Å². The molecule has 5 rings (SSSR count). The summed E-state index contributed by atoms with van der Waals surface area (Å²) in [4.78, 5) is 13.1. The zero-order chi connectivity index (χ0) is 26.9. The smallest absolute Gasteiger partial charge is 0.248 e. The third-order valence-electron chi connectivity index (χ3n) is 9.06. The van der Waals surface area contributed by atoms with Gasteiger partial charge in [0.1, 0.15) is 11.6 Å². The Morgan fingerprint density at radius 1 is 1.08 bits per heavy atom. The lowest BCUT2D eigenvalue weighted by Crippen LogP contribution is -2.51. The number of piperidine rings is 2. The number of halogens is 2. The molecule has 1 amide bonds. The van der Waals surface area contributed by atoms with Gasteiger partial charge in [0, 0.05) is 42.8 Å². The van der Waals surface area contributed by atoms with Crippen molar-refractivity contribution in [2.75, 3.05) is 0 Å². The van der Waals surface area contributed by atoms with Crippen LogP contribution in [-0.2, 0) is 4.79 Å². The fourth-order valence-electron chi connectivity index (χ4n) is 7.13. The predicted octanol–water partition coefficient (Wildman–Crippen LogP) is 6.24. The van der Waals surface area contributed by atoms with Gasteiger partial charge in [0.2, 0.25) is 11.8 Å². The third kappa shape index (κ3) is 6.27. The minimum atomic E-state index is -2.62. The molecule has 3 heterocycles. The third-order valence-corrected chi connectivity index (χ3v) is 9.06. The van der Waals surface area contributed by atoms with E-state index in [1.165, 1.54) is 0 Å². The predicted molar refractivity (Wildman–Crippen MR) is 144 cm³/mol. The summed E-state index contributed by atoms with van der Waals surface area (Å²) in [6, 6.07) is 11.4. The van der Waals surface area contributed by atoms with Crippen molar-refractivity contribution in [3.8, 4) is 0 Å². The molecule has 8 heteroatoms. The van der Waals surface area contributed by atoms with Crippen molar-refractivity contribution in [3.05, 3.63) is 47.5 Å². The number of hydrogen-bond donors (Lipinski definition) is 2. The Morgan fingerprint density at radius 2 is 1.74 bits per heavy atom. The first kappa shape index (κ1) is 27.2. The number of nitrogens with zero attached hydrogens (tertiary/aromatic N) is 3. The van der Waals surface area contributed by atoms with Gasteiger partial charge in [-0.25, -0.2) is 8.78 Å². The molecule has 2 saturated heterocycles. The number of hydrogen-bond acceptors (Lipinski definition) is 4. The molecule has 6 nitrogen and oxygen atoms in total. The van der Waals surface area contributed by atoms with E-state index in [1.807, 2.05) is 18.2 Å². The molecule has 2 N–H and O–H groups in total. The highest BCUT2D eigenvalue weighted by atomic mass is 19.3. The molecule has 0 spiro atoms. The van der Waals surface area contributed by atoms with Crippen molar-refractivity contribution in [1.29, 1.82) is 0 Å². The van der Waals surface area contributed by atoms with E-state index in [2.05, 4.69) is 58.3 Å². The minimum absolute atomic E-state index is 0.0651. The second-order valence-electron chi connectivity index (χ2n) is 12.3. The lowest BCUT2D eigenvalue weighted by molar-refractivity contribution is -0.130. The number of carbonyl (C=O) groups excluding carboxylic acids is 1. The first-order chi connectivity index (χ1) is 18.2. The highest BCUT2D eigenvalue weighted by molar-refractivity contribution is 5.79. The zero-order valence-electron chi connectivity index (χ0n) is 23.0. The fourth-order valence-corrected chi connectivity index (χ4v) is 7.13. The Hall–Kier alpha value is -2.35. The number of amides is 1. The molecule has 3 fully saturated rings. The van der Waals surface area contributed by atoms with Gasteiger partial charge >= 0.3 is 0 Å². The molecule has 1 aromatic carbocycles. The number of nitrogens with one attached hydrogen (secondary N) is 2. The molecule has 1 saturated carbocycles. The van der Waals surface area contributed by atoms with E-state index in [4.69, 9.17) is 0 Å². The maximum Gasteiger partial charge on any atom is 0.248 e. The number of carbonyl (C=O) groups is 1. The molecule has 2 unspecified atom stereocenters. The highest BCUT2D eigenvalue weighted by Crippen LogP contribution is 2.40. The average molecular weight is 528 g/mol. The number of benzene rings is 1. The Bertz CT molecular complexity index is 1060. The van der Waals surface area contributed by atoms with Gasteiger partial charge in [0.15, 0.2) is 0 Å². The van der Waals surface area contributed by atoms with Gasteiger partial charge in [-0.1, -0.05) is 44.2 Å². The minimum Gasteiger partial charge on any atom is -0.349 e. The molecule has 0 radical (unpaired) electrons. The Labute approximate surface area is 225 Å². The van der Waals surface area contributed by atoms with E-state index in [-0.39, 0.29) is 43.6 Å². The summed E-state index contributed by atoms with van der Waals surface area (Å²) in [6.45, 7) is 6.43. The second-order valence-corrected chi connectivity index (χ2v) is 12.3. The molecule has 5 atom stereocenters. The van der Waals surface area contributed by atoms with Crippen LogP contribution in [-0.4, -0.2) is 38.7 Å². The van der Waals surface area contributed by atoms with E-state index < -0.39 is 5.92 Å². The van der Waals surface area contributed by atoms with Crippen molar-refractivity contribution in [2.24, 2.45) is 11.8 Å². The lowest BCUT2D eigenvalue weighted by atomic mass is 9.76. The summed E-state index contributed by atoms with van der Waals surface area (Å²) in [6.07, 6.45) is 6.54. The number of alkyl halides is 2. The van der Waals surface area contributed by atoms with E-state index >= 15 is 0 Å². The van der Waals surface area contributed by atoms with E-state index in [9.17, 15) is 13.6 Å². The van der Waals surface area contributed by atoms with Crippen molar-refractivity contribution >= 4 is 5.91 Å². The normalized spacial score (nSPS) is 28.3. The van der Waals surface area contributed by atoms with E-state index in [1.54, 1.807) is 0 Å². The Morgan fingerprint density at radius 3 is 2.37 bits per heavy atom. The first-order valence-corrected chi connectivity index (χ1v) is 14.6. The van der Waals surface area contributed by atoms with Crippen LogP contribution < -0.4 is 10.6 Å². The number of fused-ring (bicyclic) bond motifs is 2. The van der Waals surface area contributed by atoms with Gasteiger partial charge in [-0.05, 0) is 69.8 Å². The summed E-state index contributed by atoms with van der Waals surface area (Å²) in [5.74, 6) is 0.0673. The molecule has 38 heavy (non-hydrogen) atoms. The first-order valence-electron chi connectivity index (χ1n) is 14.6. The highest BCUT2D eigenvalue weighted by Gasteiger charge is 2.39. The summed E-state index contributed by atoms with van der Waals surface area (Å²) in [5.41, 5.74) is 1.10. The SMILES string of the molecule is Cc1nnc(C(C)C)n1C1C[C@H]2CC(CC[C@H](NC(=O)C3CCC(F)(F)CC3)c3ccccc3)C[C@@H](C1)N2. The molecule has 1 aromatic heterocycles. The zero-order valence-corrected chi connectivity index (χ0v) is 23.0. The lowest BCUT2D eigenvalue weighted by Gasteiger charge is -2.44. The van der Waals surface area contributed by atoms with E-state index in [0.717, 1.165) is 55.7 Å². The number of aryl methyl sites for hydroxylation is 1. The molecule has 1 aliphatic carbocycles. The van der Waals surface area contributed by atoms with Crippen molar-refractivity contribution in [3.63, 3.8) is 0 Å². The van der Waals surface area contributed by atoms with Crippen molar-refractivity contribution < 1.29 is 13.6 Å². The van der Waals surface area contributed by atoms with Crippen LogP contribution in [0.3, 0.4) is 0 Å². The van der Waals surface area contributed by atoms with Gasteiger partial charge < -0.3 is 15.2 Å². The molecular formula is C30H43F2N5O. The van der Waals surface area contributed by atoms with Crippen LogP contribution in [0, 0.1) is 18.8 Å². The monoisotopic (exact) mass is 527 g/mol. The summed E-state index contributed by atoms with van der Waals surface area (Å²) in [7, 11) is 0.